The van der Waals surface area contributed by atoms with Crippen molar-refractivity contribution in [1.82, 2.24) is 0 Å². The van der Waals surface area contributed by atoms with E-state index < -0.39 is 0 Å². The van der Waals surface area contributed by atoms with Gasteiger partial charge < -0.3 is 5.32 Å². The van der Waals surface area contributed by atoms with Gasteiger partial charge in [0.1, 0.15) is 0 Å². The summed E-state index contributed by atoms with van der Waals surface area (Å²) in [7, 11) is 1.95. The summed E-state index contributed by atoms with van der Waals surface area (Å²) in [5, 5.41) is 3.16. The molecule has 0 saturated heterocycles. The summed E-state index contributed by atoms with van der Waals surface area (Å²) in [5.74, 6) is 1.12. The van der Waals surface area contributed by atoms with Gasteiger partial charge in [0.25, 0.3) is 0 Å². The molecule has 0 radical (unpaired) electrons. The van der Waals surface area contributed by atoms with Crippen LogP contribution in [0.25, 0.3) is 0 Å². The maximum absolute atomic E-state index is 3.16. The highest BCUT2D eigenvalue weighted by molar-refractivity contribution is 7.99. The molecule has 0 fully saturated rings. The third kappa shape index (κ3) is 4.23. The molecule has 0 amide bonds. The molecular weight excluding hydrogens is 178 g/mol. The Kier molecular flexibility index (Phi) is 7.60. The molecular formula is C11H19NS. The van der Waals surface area contributed by atoms with Crippen LogP contribution in [0.15, 0.2) is 29.2 Å². The zero-order valence-electron chi connectivity index (χ0n) is 8.92. The molecule has 0 unspecified atom stereocenters. The van der Waals surface area contributed by atoms with Crippen LogP contribution in [-0.4, -0.2) is 12.8 Å². The second-order valence-corrected chi connectivity index (χ2v) is 3.49. The summed E-state index contributed by atoms with van der Waals surface area (Å²) in [4.78, 5) is 1.33. The standard InChI is InChI=1S/C9H13NS.C2H6/c1-3-11-9-7-5-4-6-8(9)10-2;1-2/h4-7,10H,3H2,1-2H3;1-2H3. The van der Waals surface area contributed by atoms with Gasteiger partial charge in [0, 0.05) is 17.6 Å². The van der Waals surface area contributed by atoms with Crippen LogP contribution in [0, 0.1) is 0 Å². The molecule has 0 bridgehead atoms. The second kappa shape index (κ2) is 7.99. The van der Waals surface area contributed by atoms with Crippen molar-refractivity contribution in [1.29, 1.82) is 0 Å². The Balaban J connectivity index is 0.000000671. The minimum atomic E-state index is 1.12. The van der Waals surface area contributed by atoms with Crippen LogP contribution in [0.4, 0.5) is 5.69 Å². The van der Waals surface area contributed by atoms with Crippen LogP contribution in [0.5, 0.6) is 0 Å². The molecule has 1 rings (SSSR count). The summed E-state index contributed by atoms with van der Waals surface area (Å²) in [6.07, 6.45) is 0. The van der Waals surface area contributed by atoms with E-state index in [1.54, 1.807) is 0 Å². The lowest BCUT2D eigenvalue weighted by Gasteiger charge is -2.05. The van der Waals surface area contributed by atoms with E-state index in [1.165, 1.54) is 10.6 Å². The van der Waals surface area contributed by atoms with Gasteiger partial charge in [0.15, 0.2) is 0 Å². The van der Waals surface area contributed by atoms with E-state index in [0.29, 0.717) is 0 Å². The molecule has 1 nitrogen and oxygen atoms in total. The van der Waals surface area contributed by atoms with Gasteiger partial charge in [-0.25, -0.2) is 0 Å². The van der Waals surface area contributed by atoms with E-state index in [2.05, 4.69) is 30.4 Å². The largest absolute Gasteiger partial charge is 0.387 e. The van der Waals surface area contributed by atoms with Gasteiger partial charge in [0.05, 0.1) is 0 Å². The van der Waals surface area contributed by atoms with Crippen molar-refractivity contribution in [2.24, 2.45) is 0 Å². The van der Waals surface area contributed by atoms with Crippen LogP contribution in [0.1, 0.15) is 20.8 Å². The number of nitrogens with one attached hydrogen (secondary N) is 1. The molecule has 74 valence electrons. The van der Waals surface area contributed by atoms with Crippen LogP contribution < -0.4 is 5.32 Å². The highest BCUT2D eigenvalue weighted by Crippen LogP contribution is 2.25. The summed E-state index contributed by atoms with van der Waals surface area (Å²) >= 11 is 1.86. The van der Waals surface area contributed by atoms with Crippen LogP contribution >= 0.6 is 11.8 Å². The molecule has 0 atom stereocenters. The smallest absolute Gasteiger partial charge is 0.0475 e. The Morgan fingerprint density at radius 2 is 1.85 bits per heavy atom. The van der Waals surface area contributed by atoms with Gasteiger partial charge in [-0.2, -0.15) is 0 Å². The predicted molar refractivity (Wildman–Crippen MR) is 63.7 cm³/mol. The third-order valence-corrected chi connectivity index (χ3v) is 2.41. The summed E-state index contributed by atoms with van der Waals surface area (Å²) in [6, 6.07) is 8.35. The maximum atomic E-state index is 3.16. The van der Waals surface area contributed by atoms with Crippen molar-refractivity contribution in [3.05, 3.63) is 24.3 Å². The van der Waals surface area contributed by atoms with Crippen molar-refractivity contribution in [2.75, 3.05) is 18.1 Å². The van der Waals surface area contributed by atoms with Gasteiger partial charge in [-0.3, -0.25) is 0 Å². The zero-order chi connectivity index (χ0) is 10.1. The second-order valence-electron chi connectivity index (χ2n) is 2.18. The highest BCUT2D eigenvalue weighted by Gasteiger charge is 1.96. The van der Waals surface area contributed by atoms with Gasteiger partial charge in [-0.15, -0.1) is 11.8 Å². The first-order valence-electron chi connectivity index (χ1n) is 4.78. The molecule has 0 heterocycles. The SMILES string of the molecule is CC.CCSc1ccccc1NC. The van der Waals surface area contributed by atoms with Gasteiger partial charge in [0.2, 0.25) is 0 Å². The molecule has 2 heteroatoms. The Labute approximate surface area is 85.9 Å². The average molecular weight is 197 g/mol. The zero-order valence-corrected chi connectivity index (χ0v) is 9.74. The topological polar surface area (TPSA) is 12.0 Å². The quantitative estimate of drug-likeness (QED) is 0.738. The van der Waals surface area contributed by atoms with Crippen LogP contribution in [0.2, 0.25) is 0 Å². The first-order valence-corrected chi connectivity index (χ1v) is 5.76. The number of thioether (sulfide) groups is 1. The van der Waals surface area contributed by atoms with Gasteiger partial charge in [-0.1, -0.05) is 32.9 Å². The first kappa shape index (κ1) is 12.4. The fourth-order valence-electron chi connectivity index (χ4n) is 0.955. The minimum absolute atomic E-state index is 1.12. The highest BCUT2D eigenvalue weighted by atomic mass is 32.2. The fourth-order valence-corrected chi connectivity index (χ4v) is 1.77. The van der Waals surface area contributed by atoms with Gasteiger partial charge >= 0.3 is 0 Å². The van der Waals surface area contributed by atoms with E-state index in [4.69, 9.17) is 0 Å². The van der Waals surface area contributed by atoms with Crippen molar-refractivity contribution in [3.8, 4) is 0 Å². The first-order chi connectivity index (χ1) is 6.38. The van der Waals surface area contributed by atoms with E-state index in [-0.39, 0.29) is 0 Å². The van der Waals surface area contributed by atoms with Crippen molar-refractivity contribution < 1.29 is 0 Å². The Morgan fingerprint density at radius 1 is 1.23 bits per heavy atom. The fraction of sp³-hybridized carbons (Fsp3) is 0.455. The third-order valence-electron chi connectivity index (χ3n) is 1.46. The maximum Gasteiger partial charge on any atom is 0.0475 e. The predicted octanol–water partition coefficient (Wildman–Crippen LogP) is 3.87. The molecule has 1 aromatic carbocycles. The van der Waals surface area contributed by atoms with Crippen molar-refractivity contribution in [3.63, 3.8) is 0 Å². The molecule has 0 aliphatic carbocycles. The lowest BCUT2D eigenvalue weighted by Crippen LogP contribution is -1.89. The van der Waals surface area contributed by atoms with E-state index in [0.717, 1.165) is 5.75 Å². The number of hydrogen-bond donors (Lipinski definition) is 1. The summed E-state index contributed by atoms with van der Waals surface area (Å²) in [5.41, 5.74) is 1.22. The summed E-state index contributed by atoms with van der Waals surface area (Å²) in [6.45, 7) is 6.16. The minimum Gasteiger partial charge on any atom is -0.387 e. The van der Waals surface area contributed by atoms with Crippen molar-refractivity contribution in [2.45, 2.75) is 25.7 Å². The number of benzene rings is 1. The lowest BCUT2D eigenvalue weighted by molar-refractivity contribution is 1.37. The van der Waals surface area contributed by atoms with Crippen LogP contribution in [-0.2, 0) is 0 Å². The number of hydrogen-bond acceptors (Lipinski definition) is 2. The molecule has 0 aliphatic rings. The Hall–Kier alpha value is -0.630. The Morgan fingerprint density at radius 3 is 2.38 bits per heavy atom. The van der Waals surface area contributed by atoms with E-state index in [9.17, 15) is 0 Å². The molecule has 1 aromatic rings. The average Bonchev–Trinajstić information content (AvgIpc) is 2.22. The van der Waals surface area contributed by atoms with Gasteiger partial charge in [-0.05, 0) is 17.9 Å². The molecule has 0 aliphatic heterocycles. The molecule has 13 heavy (non-hydrogen) atoms. The molecule has 1 N–H and O–H groups in total. The summed E-state index contributed by atoms with van der Waals surface area (Å²) < 4.78 is 0. The molecule has 0 aromatic heterocycles. The number of para-hydroxylation sites is 1. The normalized spacial score (nSPS) is 8.62. The molecule has 0 saturated carbocycles. The monoisotopic (exact) mass is 197 g/mol. The van der Waals surface area contributed by atoms with E-state index >= 15 is 0 Å². The Bertz CT molecular complexity index is 223. The van der Waals surface area contributed by atoms with Crippen molar-refractivity contribution >= 4 is 17.4 Å². The number of rotatable bonds is 3. The molecule has 0 spiro atoms. The van der Waals surface area contributed by atoms with E-state index in [1.807, 2.05) is 38.7 Å². The number of anilines is 1. The van der Waals surface area contributed by atoms with Crippen LogP contribution in [0.3, 0.4) is 0 Å². The lowest BCUT2D eigenvalue weighted by atomic mass is 10.3.